The number of amides is 2. The molecule has 1 aromatic heterocycles. The Kier molecular flexibility index (Phi) is 3.61. The number of carbonyl (C=O) groups is 2. The lowest BCUT2D eigenvalue weighted by atomic mass is 10.1. The SMILES string of the molecule is CC(=O)n1cc(CC=NNC(N)=O)c2ccccc21. The zero-order valence-electron chi connectivity index (χ0n) is 10.5. The molecule has 19 heavy (non-hydrogen) atoms. The fourth-order valence-corrected chi connectivity index (χ4v) is 1.93. The van der Waals surface area contributed by atoms with E-state index >= 15 is 0 Å². The number of urea groups is 1. The van der Waals surface area contributed by atoms with E-state index in [1.165, 1.54) is 13.1 Å². The molecule has 1 aromatic carbocycles. The van der Waals surface area contributed by atoms with Crippen LogP contribution in [-0.4, -0.2) is 22.7 Å². The van der Waals surface area contributed by atoms with Gasteiger partial charge >= 0.3 is 6.03 Å². The Balaban J connectivity index is 2.31. The van der Waals surface area contributed by atoms with Crippen molar-refractivity contribution in [1.29, 1.82) is 0 Å². The molecule has 2 rings (SSSR count). The molecule has 98 valence electrons. The molecule has 1 heterocycles. The van der Waals surface area contributed by atoms with Crippen LogP contribution in [0.2, 0.25) is 0 Å². The molecule has 0 aliphatic rings. The van der Waals surface area contributed by atoms with Crippen molar-refractivity contribution < 1.29 is 9.59 Å². The lowest BCUT2D eigenvalue weighted by Crippen LogP contribution is -2.24. The number of benzene rings is 1. The standard InChI is InChI=1S/C13H14N4O2/c1-9(18)17-8-10(6-7-15-16-13(14)19)11-4-2-3-5-12(11)17/h2-5,7-8H,6H2,1H3,(H3,14,16,19). The van der Waals surface area contributed by atoms with E-state index in [0.717, 1.165) is 16.5 Å². The Labute approximate surface area is 109 Å². The first-order valence-electron chi connectivity index (χ1n) is 5.76. The Hall–Kier alpha value is -2.63. The molecule has 0 aliphatic carbocycles. The minimum Gasteiger partial charge on any atom is -0.350 e. The first-order chi connectivity index (χ1) is 9.09. The maximum Gasteiger partial charge on any atom is 0.332 e. The second-order valence-electron chi connectivity index (χ2n) is 4.05. The molecule has 0 unspecified atom stereocenters. The van der Waals surface area contributed by atoms with Gasteiger partial charge in [-0.3, -0.25) is 9.36 Å². The van der Waals surface area contributed by atoms with E-state index in [0.29, 0.717) is 6.42 Å². The normalized spacial score (nSPS) is 11.0. The summed E-state index contributed by atoms with van der Waals surface area (Å²) in [5.41, 5.74) is 8.84. The molecule has 0 saturated carbocycles. The van der Waals surface area contributed by atoms with Crippen LogP contribution in [0.15, 0.2) is 35.6 Å². The van der Waals surface area contributed by atoms with Crippen LogP contribution in [-0.2, 0) is 6.42 Å². The van der Waals surface area contributed by atoms with Gasteiger partial charge in [0.15, 0.2) is 0 Å². The van der Waals surface area contributed by atoms with Gasteiger partial charge in [-0.15, -0.1) is 0 Å². The van der Waals surface area contributed by atoms with Crippen LogP contribution >= 0.6 is 0 Å². The molecule has 0 radical (unpaired) electrons. The summed E-state index contributed by atoms with van der Waals surface area (Å²) in [6, 6.07) is 6.92. The van der Waals surface area contributed by atoms with Crippen molar-refractivity contribution in [2.75, 3.05) is 0 Å². The van der Waals surface area contributed by atoms with Crippen LogP contribution in [0.5, 0.6) is 0 Å². The molecule has 6 nitrogen and oxygen atoms in total. The predicted molar refractivity (Wildman–Crippen MR) is 73.2 cm³/mol. The second kappa shape index (κ2) is 5.34. The average molecular weight is 258 g/mol. The van der Waals surface area contributed by atoms with Crippen molar-refractivity contribution >= 4 is 29.1 Å². The van der Waals surface area contributed by atoms with Gasteiger partial charge in [0.05, 0.1) is 5.52 Å². The summed E-state index contributed by atoms with van der Waals surface area (Å²) in [5.74, 6) is -0.0466. The quantitative estimate of drug-likeness (QED) is 0.645. The van der Waals surface area contributed by atoms with Gasteiger partial charge in [-0.1, -0.05) is 18.2 Å². The molecule has 0 fully saturated rings. The molecule has 2 aromatic rings. The largest absolute Gasteiger partial charge is 0.350 e. The average Bonchev–Trinajstić information content (AvgIpc) is 2.74. The number of fused-ring (bicyclic) bond motifs is 1. The number of hydrazone groups is 1. The molecule has 0 atom stereocenters. The summed E-state index contributed by atoms with van der Waals surface area (Å²) in [6.45, 7) is 1.51. The van der Waals surface area contributed by atoms with Crippen molar-refractivity contribution in [1.82, 2.24) is 9.99 Å². The Morgan fingerprint density at radius 2 is 2.16 bits per heavy atom. The lowest BCUT2D eigenvalue weighted by molar-refractivity contribution is 0.0941. The maximum atomic E-state index is 11.5. The molecule has 0 bridgehead atoms. The van der Waals surface area contributed by atoms with Gasteiger partial charge in [-0.05, 0) is 11.6 Å². The van der Waals surface area contributed by atoms with Crippen LogP contribution in [0.4, 0.5) is 4.79 Å². The molecular weight excluding hydrogens is 244 g/mol. The summed E-state index contributed by atoms with van der Waals surface area (Å²) in [7, 11) is 0. The summed E-state index contributed by atoms with van der Waals surface area (Å²) in [5, 5.41) is 4.67. The van der Waals surface area contributed by atoms with Gasteiger partial charge in [0.1, 0.15) is 0 Å². The van der Waals surface area contributed by atoms with Crippen LogP contribution in [0.25, 0.3) is 10.9 Å². The minimum atomic E-state index is -0.706. The number of nitrogens with one attached hydrogen (secondary N) is 1. The number of aromatic nitrogens is 1. The van der Waals surface area contributed by atoms with E-state index in [1.807, 2.05) is 24.3 Å². The highest BCUT2D eigenvalue weighted by atomic mass is 16.2. The minimum absolute atomic E-state index is 0.0466. The number of carbonyl (C=O) groups excluding carboxylic acids is 2. The van der Waals surface area contributed by atoms with Gasteiger partial charge in [0, 0.05) is 31.1 Å². The first kappa shape index (κ1) is 12.8. The van der Waals surface area contributed by atoms with E-state index in [1.54, 1.807) is 10.8 Å². The lowest BCUT2D eigenvalue weighted by Gasteiger charge is -1.97. The van der Waals surface area contributed by atoms with E-state index < -0.39 is 6.03 Å². The molecule has 2 amide bonds. The summed E-state index contributed by atoms with van der Waals surface area (Å²) in [6.07, 6.45) is 3.82. The maximum absolute atomic E-state index is 11.5. The van der Waals surface area contributed by atoms with Crippen molar-refractivity contribution in [3.05, 3.63) is 36.0 Å². The van der Waals surface area contributed by atoms with Gasteiger partial charge < -0.3 is 5.73 Å². The van der Waals surface area contributed by atoms with Crippen LogP contribution < -0.4 is 11.2 Å². The highest BCUT2D eigenvalue weighted by Gasteiger charge is 2.09. The number of rotatable bonds is 3. The van der Waals surface area contributed by atoms with E-state index in [2.05, 4.69) is 10.5 Å². The van der Waals surface area contributed by atoms with Crippen molar-refractivity contribution in [2.24, 2.45) is 10.8 Å². The van der Waals surface area contributed by atoms with Crippen molar-refractivity contribution in [2.45, 2.75) is 13.3 Å². The topological polar surface area (TPSA) is 89.5 Å². The summed E-state index contributed by atoms with van der Waals surface area (Å²) in [4.78, 5) is 22.0. The smallest absolute Gasteiger partial charge is 0.332 e. The van der Waals surface area contributed by atoms with Crippen molar-refractivity contribution in [3.8, 4) is 0 Å². The molecular formula is C13H14N4O2. The Bertz CT molecular complexity index is 658. The molecule has 0 saturated heterocycles. The summed E-state index contributed by atoms with van der Waals surface area (Å²) < 4.78 is 1.60. The molecule has 6 heteroatoms. The predicted octanol–water partition coefficient (Wildman–Crippen LogP) is 1.50. The number of hydrogen-bond donors (Lipinski definition) is 2. The van der Waals surface area contributed by atoms with Crippen LogP contribution in [0.1, 0.15) is 17.3 Å². The van der Waals surface area contributed by atoms with Gasteiger partial charge in [0.25, 0.3) is 0 Å². The van der Waals surface area contributed by atoms with Gasteiger partial charge in [-0.25, -0.2) is 10.2 Å². The number of nitrogens with two attached hydrogens (primary N) is 1. The fraction of sp³-hybridized carbons (Fsp3) is 0.154. The number of nitrogens with zero attached hydrogens (tertiary/aromatic N) is 2. The third-order valence-corrected chi connectivity index (χ3v) is 2.71. The fourth-order valence-electron chi connectivity index (χ4n) is 1.93. The first-order valence-corrected chi connectivity index (χ1v) is 5.76. The highest BCUT2D eigenvalue weighted by Crippen LogP contribution is 2.21. The third-order valence-electron chi connectivity index (χ3n) is 2.71. The van der Waals surface area contributed by atoms with Crippen LogP contribution in [0.3, 0.4) is 0 Å². The zero-order chi connectivity index (χ0) is 13.8. The molecule has 0 spiro atoms. The number of hydrogen-bond acceptors (Lipinski definition) is 3. The highest BCUT2D eigenvalue weighted by molar-refractivity contribution is 5.94. The Morgan fingerprint density at radius 1 is 1.42 bits per heavy atom. The van der Waals surface area contributed by atoms with Crippen LogP contribution in [0, 0.1) is 0 Å². The van der Waals surface area contributed by atoms with E-state index in [-0.39, 0.29) is 5.91 Å². The van der Waals surface area contributed by atoms with Gasteiger partial charge in [0.2, 0.25) is 5.91 Å². The van der Waals surface area contributed by atoms with Gasteiger partial charge in [-0.2, -0.15) is 5.10 Å². The number of primary amides is 1. The Morgan fingerprint density at radius 3 is 2.84 bits per heavy atom. The van der Waals surface area contributed by atoms with E-state index in [4.69, 9.17) is 5.73 Å². The second-order valence-corrected chi connectivity index (χ2v) is 4.05. The monoisotopic (exact) mass is 258 g/mol. The third kappa shape index (κ3) is 2.79. The summed E-state index contributed by atoms with van der Waals surface area (Å²) >= 11 is 0. The van der Waals surface area contributed by atoms with E-state index in [9.17, 15) is 9.59 Å². The molecule has 3 N–H and O–H groups in total. The van der Waals surface area contributed by atoms with Crippen molar-refractivity contribution in [3.63, 3.8) is 0 Å². The zero-order valence-corrected chi connectivity index (χ0v) is 10.5. The molecule has 0 aliphatic heterocycles. The number of para-hydroxylation sites is 1.